The molecular weight excluding hydrogens is 432 g/mol. The molecule has 0 aliphatic carbocycles. The molecule has 7 heteroatoms. The van der Waals surface area contributed by atoms with Crippen LogP contribution in [0.1, 0.15) is 16.1 Å². The maximum atomic E-state index is 12.6. The van der Waals surface area contributed by atoms with Crippen molar-refractivity contribution in [3.8, 4) is 22.1 Å². The molecule has 0 aliphatic rings. The lowest BCUT2D eigenvalue weighted by Gasteiger charge is -2.07. The molecule has 0 radical (unpaired) electrons. The van der Waals surface area contributed by atoms with Gasteiger partial charge in [-0.3, -0.25) is 4.79 Å². The number of methoxy groups -OCH3 is 1. The van der Waals surface area contributed by atoms with Gasteiger partial charge in [0, 0.05) is 27.7 Å². The molecule has 0 fully saturated rings. The highest BCUT2D eigenvalue weighted by Crippen LogP contribution is 2.28. The fourth-order valence-electron chi connectivity index (χ4n) is 2.87. The first kappa shape index (κ1) is 20.9. The molecule has 0 bridgehead atoms. The summed E-state index contributed by atoms with van der Waals surface area (Å²) in [6.45, 7) is 0.437. The summed E-state index contributed by atoms with van der Waals surface area (Å²) in [5.74, 6) is 1.13. The van der Waals surface area contributed by atoms with Gasteiger partial charge < -0.3 is 14.8 Å². The second-order valence-corrected chi connectivity index (χ2v) is 7.96. The Labute approximate surface area is 189 Å². The van der Waals surface area contributed by atoms with Crippen molar-refractivity contribution in [3.63, 3.8) is 0 Å². The molecule has 0 unspecified atom stereocenters. The minimum Gasteiger partial charge on any atom is -0.497 e. The minimum atomic E-state index is -0.272. The van der Waals surface area contributed by atoms with Crippen molar-refractivity contribution in [1.82, 2.24) is 4.98 Å². The number of anilines is 1. The molecule has 0 saturated heterocycles. The lowest BCUT2D eigenvalue weighted by atomic mass is 10.2. The van der Waals surface area contributed by atoms with Gasteiger partial charge in [0.05, 0.1) is 7.11 Å². The second kappa shape index (κ2) is 9.64. The third-order valence-electron chi connectivity index (χ3n) is 4.46. The number of hydrogen-bond acceptors (Lipinski definition) is 5. The van der Waals surface area contributed by atoms with Gasteiger partial charge in [-0.1, -0.05) is 41.9 Å². The number of thiazole rings is 1. The van der Waals surface area contributed by atoms with Gasteiger partial charge in [0.2, 0.25) is 0 Å². The van der Waals surface area contributed by atoms with E-state index in [2.05, 4.69) is 10.3 Å². The van der Waals surface area contributed by atoms with Crippen LogP contribution in [-0.4, -0.2) is 18.0 Å². The third-order valence-corrected chi connectivity index (χ3v) is 5.61. The SMILES string of the molecule is COc1cccc(NC(=O)c2csc(-c3cccc(OCc4ccc(Cl)cc4)c3)n2)c1. The van der Waals surface area contributed by atoms with Crippen molar-refractivity contribution in [3.05, 3.63) is 94.5 Å². The smallest absolute Gasteiger partial charge is 0.275 e. The number of benzene rings is 3. The van der Waals surface area contributed by atoms with Crippen LogP contribution in [0, 0.1) is 0 Å². The fraction of sp³-hybridized carbons (Fsp3) is 0.0833. The van der Waals surface area contributed by atoms with Gasteiger partial charge in [0.1, 0.15) is 28.8 Å². The van der Waals surface area contributed by atoms with Crippen molar-refractivity contribution < 1.29 is 14.3 Å². The fourth-order valence-corrected chi connectivity index (χ4v) is 3.80. The topological polar surface area (TPSA) is 60.5 Å². The highest BCUT2D eigenvalue weighted by Gasteiger charge is 2.13. The Morgan fingerprint density at radius 1 is 1.03 bits per heavy atom. The summed E-state index contributed by atoms with van der Waals surface area (Å²) in [5, 5.41) is 6.02. The number of nitrogens with one attached hydrogen (secondary N) is 1. The molecule has 1 N–H and O–H groups in total. The van der Waals surface area contributed by atoms with Crippen molar-refractivity contribution in [2.24, 2.45) is 0 Å². The minimum absolute atomic E-state index is 0.272. The average molecular weight is 451 g/mol. The van der Waals surface area contributed by atoms with E-state index in [0.717, 1.165) is 21.9 Å². The Balaban J connectivity index is 1.43. The molecular formula is C24H19ClN2O3S. The van der Waals surface area contributed by atoms with Crippen molar-refractivity contribution >= 4 is 34.5 Å². The number of amides is 1. The van der Waals surface area contributed by atoms with Crippen LogP contribution in [0.2, 0.25) is 5.02 Å². The zero-order chi connectivity index (χ0) is 21.6. The zero-order valence-electron chi connectivity index (χ0n) is 16.7. The highest BCUT2D eigenvalue weighted by molar-refractivity contribution is 7.13. The summed E-state index contributed by atoms with van der Waals surface area (Å²) in [7, 11) is 1.58. The Morgan fingerprint density at radius 3 is 2.61 bits per heavy atom. The van der Waals surface area contributed by atoms with Crippen LogP contribution in [0.4, 0.5) is 5.69 Å². The standard InChI is InChI=1S/C24H19ClN2O3S/c1-29-20-6-3-5-19(13-20)26-23(28)22-15-31-24(27-22)17-4-2-7-21(12-17)30-14-16-8-10-18(25)11-9-16/h2-13,15H,14H2,1H3,(H,26,28). The largest absolute Gasteiger partial charge is 0.497 e. The van der Waals surface area contributed by atoms with E-state index >= 15 is 0 Å². The number of hydrogen-bond donors (Lipinski definition) is 1. The van der Waals surface area contributed by atoms with Crippen molar-refractivity contribution in [2.75, 3.05) is 12.4 Å². The molecule has 0 aliphatic heterocycles. The molecule has 1 aromatic heterocycles. The number of carbonyl (C=O) groups excluding carboxylic acids is 1. The van der Waals surface area contributed by atoms with Crippen LogP contribution in [0.15, 0.2) is 78.2 Å². The molecule has 156 valence electrons. The zero-order valence-corrected chi connectivity index (χ0v) is 18.2. The Morgan fingerprint density at radius 2 is 1.81 bits per heavy atom. The Bertz CT molecular complexity index is 1190. The molecule has 1 heterocycles. The lowest BCUT2D eigenvalue weighted by molar-refractivity contribution is 0.102. The summed E-state index contributed by atoms with van der Waals surface area (Å²) < 4.78 is 11.1. The van der Waals surface area contributed by atoms with E-state index in [1.54, 1.807) is 24.6 Å². The van der Waals surface area contributed by atoms with E-state index in [0.29, 0.717) is 28.8 Å². The van der Waals surface area contributed by atoms with Gasteiger partial charge in [-0.15, -0.1) is 11.3 Å². The van der Waals surface area contributed by atoms with Crippen LogP contribution in [-0.2, 0) is 6.61 Å². The van der Waals surface area contributed by atoms with Gasteiger partial charge in [-0.05, 0) is 42.0 Å². The molecule has 4 rings (SSSR count). The van der Waals surface area contributed by atoms with Crippen LogP contribution in [0.3, 0.4) is 0 Å². The summed E-state index contributed by atoms with van der Waals surface area (Å²) in [4.78, 5) is 17.1. The quantitative estimate of drug-likeness (QED) is 0.358. The number of carbonyl (C=O) groups is 1. The predicted molar refractivity (Wildman–Crippen MR) is 124 cm³/mol. The highest BCUT2D eigenvalue weighted by atomic mass is 35.5. The molecule has 0 saturated carbocycles. The molecule has 0 atom stereocenters. The first-order valence-electron chi connectivity index (χ1n) is 9.49. The van der Waals surface area contributed by atoms with E-state index in [1.807, 2.05) is 60.7 Å². The monoisotopic (exact) mass is 450 g/mol. The molecule has 1 amide bonds. The molecule has 31 heavy (non-hydrogen) atoms. The number of nitrogens with zero attached hydrogens (tertiary/aromatic N) is 1. The molecule has 0 spiro atoms. The Kier molecular flexibility index (Phi) is 6.50. The summed E-state index contributed by atoms with van der Waals surface area (Å²) in [6, 6.07) is 22.4. The van der Waals surface area contributed by atoms with Crippen LogP contribution < -0.4 is 14.8 Å². The first-order chi connectivity index (χ1) is 15.1. The van der Waals surface area contributed by atoms with E-state index < -0.39 is 0 Å². The Hall–Kier alpha value is -3.35. The average Bonchev–Trinajstić information content (AvgIpc) is 3.30. The van der Waals surface area contributed by atoms with Crippen molar-refractivity contribution in [1.29, 1.82) is 0 Å². The van der Waals surface area contributed by atoms with Gasteiger partial charge in [0.25, 0.3) is 5.91 Å². The van der Waals surface area contributed by atoms with E-state index in [9.17, 15) is 4.79 Å². The van der Waals surface area contributed by atoms with Crippen molar-refractivity contribution in [2.45, 2.75) is 6.61 Å². The van der Waals surface area contributed by atoms with Crippen LogP contribution in [0.25, 0.3) is 10.6 Å². The second-order valence-electron chi connectivity index (χ2n) is 6.67. The van der Waals surface area contributed by atoms with Gasteiger partial charge in [-0.25, -0.2) is 4.98 Å². The first-order valence-corrected chi connectivity index (χ1v) is 10.7. The van der Waals surface area contributed by atoms with E-state index in [-0.39, 0.29) is 5.91 Å². The lowest BCUT2D eigenvalue weighted by Crippen LogP contribution is -2.12. The number of halogens is 1. The molecule has 5 nitrogen and oxygen atoms in total. The van der Waals surface area contributed by atoms with Crippen LogP contribution >= 0.6 is 22.9 Å². The van der Waals surface area contributed by atoms with Gasteiger partial charge in [-0.2, -0.15) is 0 Å². The summed E-state index contributed by atoms with van der Waals surface area (Å²) in [6.07, 6.45) is 0. The normalized spacial score (nSPS) is 10.5. The number of aromatic nitrogens is 1. The van der Waals surface area contributed by atoms with E-state index in [4.69, 9.17) is 21.1 Å². The van der Waals surface area contributed by atoms with Gasteiger partial charge >= 0.3 is 0 Å². The number of ether oxygens (including phenoxy) is 2. The summed E-state index contributed by atoms with van der Waals surface area (Å²) in [5.41, 5.74) is 2.92. The predicted octanol–water partition coefficient (Wildman–Crippen LogP) is 6.30. The maximum Gasteiger partial charge on any atom is 0.275 e. The van der Waals surface area contributed by atoms with Crippen LogP contribution in [0.5, 0.6) is 11.5 Å². The maximum absolute atomic E-state index is 12.6. The summed E-state index contributed by atoms with van der Waals surface area (Å²) >= 11 is 7.33. The molecule has 3 aromatic carbocycles. The van der Waals surface area contributed by atoms with Gasteiger partial charge in [0.15, 0.2) is 0 Å². The third kappa shape index (κ3) is 5.42. The number of rotatable bonds is 7. The van der Waals surface area contributed by atoms with E-state index in [1.165, 1.54) is 11.3 Å². The molecule has 4 aromatic rings.